The second-order valence-electron chi connectivity index (χ2n) is 8.69. The van der Waals surface area contributed by atoms with Gasteiger partial charge in [0.1, 0.15) is 40.2 Å². The van der Waals surface area contributed by atoms with Crippen LogP contribution in [-0.4, -0.2) is 70.1 Å². The highest BCUT2D eigenvalue weighted by Crippen LogP contribution is 2.36. The lowest BCUT2D eigenvalue weighted by Gasteiger charge is -2.18. The van der Waals surface area contributed by atoms with Crippen molar-refractivity contribution in [1.82, 2.24) is 35.0 Å². The van der Waals surface area contributed by atoms with Crippen LogP contribution >= 0.6 is 0 Å². The molecule has 40 heavy (non-hydrogen) atoms. The van der Waals surface area contributed by atoms with Crippen molar-refractivity contribution < 1.29 is 27.1 Å². The molecule has 0 radical (unpaired) electrons. The van der Waals surface area contributed by atoms with Crippen LogP contribution in [0.3, 0.4) is 0 Å². The lowest BCUT2D eigenvalue weighted by molar-refractivity contribution is 0.0951. The maximum absolute atomic E-state index is 13.5. The highest BCUT2D eigenvalue weighted by Gasteiger charge is 2.29. The fraction of sp³-hybridized carbons (Fsp3) is 0.308. The zero-order chi connectivity index (χ0) is 28.9. The van der Waals surface area contributed by atoms with Gasteiger partial charge in [0.15, 0.2) is 27.3 Å². The number of benzene rings is 1. The molecular formula is C26H28FN7O5S. The van der Waals surface area contributed by atoms with Gasteiger partial charge in [-0.2, -0.15) is 0 Å². The van der Waals surface area contributed by atoms with E-state index in [-0.39, 0.29) is 41.2 Å². The molecule has 1 atom stereocenters. The third kappa shape index (κ3) is 6.06. The van der Waals surface area contributed by atoms with Crippen molar-refractivity contribution in [1.29, 1.82) is 0 Å². The van der Waals surface area contributed by atoms with Gasteiger partial charge in [0.2, 0.25) is 0 Å². The van der Waals surface area contributed by atoms with Crippen LogP contribution in [0, 0.1) is 5.82 Å². The topological polar surface area (TPSA) is 151 Å². The predicted molar refractivity (Wildman–Crippen MR) is 143 cm³/mol. The number of para-hydroxylation sites is 1. The molecule has 0 bridgehead atoms. The molecule has 1 N–H and O–H groups in total. The molecule has 1 aromatic carbocycles. The molecule has 4 rings (SSSR count). The first-order valence-electron chi connectivity index (χ1n) is 12.3. The average molecular weight is 570 g/mol. The summed E-state index contributed by atoms with van der Waals surface area (Å²) < 4.78 is 52.8. The van der Waals surface area contributed by atoms with E-state index in [1.165, 1.54) is 25.7 Å². The lowest BCUT2D eigenvalue weighted by atomic mass is 10.2. The molecule has 0 unspecified atom stereocenters. The normalized spacial score (nSPS) is 12.1. The number of amides is 1. The molecule has 1 amide bonds. The fourth-order valence-electron chi connectivity index (χ4n) is 3.95. The molecular weight excluding hydrogens is 541 g/mol. The number of hydrogen-bond donors (Lipinski definition) is 1. The monoisotopic (exact) mass is 569 g/mol. The van der Waals surface area contributed by atoms with E-state index in [4.69, 9.17) is 9.47 Å². The van der Waals surface area contributed by atoms with Crippen molar-refractivity contribution in [3.63, 3.8) is 0 Å². The van der Waals surface area contributed by atoms with Gasteiger partial charge in [-0.3, -0.25) is 9.36 Å². The highest BCUT2D eigenvalue weighted by atomic mass is 32.2. The second-order valence-corrected chi connectivity index (χ2v) is 11.1. The van der Waals surface area contributed by atoms with Crippen molar-refractivity contribution in [3.05, 3.63) is 72.0 Å². The number of methoxy groups -OCH3 is 2. The van der Waals surface area contributed by atoms with Gasteiger partial charge >= 0.3 is 0 Å². The van der Waals surface area contributed by atoms with Crippen molar-refractivity contribution in [2.75, 3.05) is 20.8 Å². The molecule has 0 saturated carbocycles. The minimum Gasteiger partial charge on any atom is -0.494 e. The second kappa shape index (κ2) is 12.2. The Labute approximate surface area is 230 Å². The minimum atomic E-state index is -3.85. The van der Waals surface area contributed by atoms with Crippen LogP contribution in [0.25, 0.3) is 17.2 Å². The third-order valence-corrected chi connectivity index (χ3v) is 8.04. The summed E-state index contributed by atoms with van der Waals surface area (Å²) in [6, 6.07) is 9.94. The van der Waals surface area contributed by atoms with E-state index < -0.39 is 26.7 Å². The van der Waals surface area contributed by atoms with Gasteiger partial charge in [0.25, 0.3) is 5.91 Å². The Morgan fingerprint density at radius 2 is 1.70 bits per heavy atom. The molecule has 0 aliphatic heterocycles. The zero-order valence-electron chi connectivity index (χ0n) is 22.3. The van der Waals surface area contributed by atoms with Gasteiger partial charge in [-0.25, -0.2) is 27.8 Å². The van der Waals surface area contributed by atoms with Crippen LogP contribution in [0.5, 0.6) is 11.5 Å². The van der Waals surface area contributed by atoms with E-state index in [2.05, 4.69) is 30.5 Å². The summed E-state index contributed by atoms with van der Waals surface area (Å²) in [5.41, 5.74) is 0.793. The molecule has 12 nitrogen and oxygen atoms in total. The quantitative estimate of drug-likeness (QED) is 0.285. The molecule has 0 aliphatic rings. The van der Waals surface area contributed by atoms with Gasteiger partial charge in [0, 0.05) is 13.0 Å². The van der Waals surface area contributed by atoms with E-state index in [0.29, 0.717) is 23.7 Å². The van der Waals surface area contributed by atoms with Crippen LogP contribution < -0.4 is 14.8 Å². The number of sulfone groups is 1. The van der Waals surface area contributed by atoms with Crippen LogP contribution in [0.4, 0.5) is 4.39 Å². The highest BCUT2D eigenvalue weighted by molar-refractivity contribution is 7.91. The van der Waals surface area contributed by atoms with Gasteiger partial charge in [-0.15, -0.1) is 10.2 Å². The SMILES string of the molecule is CCNC(=O)c1cccc(-c2nnc(CS(=O)(=O)[C@@H](C)Cc3ncc(F)cn3)n2-c2c(OC)cccc2OC)n1. The Balaban J connectivity index is 1.83. The largest absolute Gasteiger partial charge is 0.494 e. The molecule has 210 valence electrons. The zero-order valence-corrected chi connectivity index (χ0v) is 23.1. The number of nitrogens with zero attached hydrogens (tertiary/aromatic N) is 6. The Morgan fingerprint density at radius 1 is 1.05 bits per heavy atom. The standard InChI is InChI=1S/C26H28FN7O5S/c1-5-28-26(35)19-9-6-8-18(31-19)25-33-32-23(34(25)24-20(38-3)10-7-11-21(24)39-4)15-40(36,37)16(2)12-22-29-13-17(27)14-30-22/h6-11,13-14,16H,5,12,15H2,1-4H3,(H,28,35)/t16-/m0/s1. The lowest BCUT2D eigenvalue weighted by Crippen LogP contribution is -2.25. The third-order valence-electron chi connectivity index (χ3n) is 5.99. The van der Waals surface area contributed by atoms with E-state index in [1.807, 2.05) is 0 Å². The number of carbonyl (C=O) groups is 1. The van der Waals surface area contributed by atoms with Gasteiger partial charge < -0.3 is 14.8 Å². The van der Waals surface area contributed by atoms with Crippen molar-refractivity contribution in [2.45, 2.75) is 31.3 Å². The van der Waals surface area contributed by atoms with Gasteiger partial charge in [-0.1, -0.05) is 12.1 Å². The molecule has 4 aromatic rings. The summed E-state index contributed by atoms with van der Waals surface area (Å²) in [5.74, 6) is -0.334. The summed E-state index contributed by atoms with van der Waals surface area (Å²) in [6.07, 6.45) is 1.94. The van der Waals surface area contributed by atoms with Crippen molar-refractivity contribution in [2.24, 2.45) is 0 Å². The average Bonchev–Trinajstić information content (AvgIpc) is 3.36. The van der Waals surface area contributed by atoms with E-state index in [1.54, 1.807) is 43.3 Å². The maximum atomic E-state index is 13.5. The summed E-state index contributed by atoms with van der Waals surface area (Å²) in [7, 11) is -0.913. The Kier molecular flexibility index (Phi) is 8.67. The number of rotatable bonds is 11. The Hall–Kier alpha value is -4.46. The molecule has 14 heteroatoms. The Morgan fingerprint density at radius 3 is 2.33 bits per heavy atom. The van der Waals surface area contributed by atoms with E-state index in [0.717, 1.165) is 12.4 Å². The predicted octanol–water partition coefficient (Wildman–Crippen LogP) is 2.57. The molecule has 0 fully saturated rings. The smallest absolute Gasteiger partial charge is 0.269 e. The van der Waals surface area contributed by atoms with E-state index in [9.17, 15) is 17.6 Å². The summed E-state index contributed by atoms with van der Waals surface area (Å²) >= 11 is 0. The first kappa shape index (κ1) is 28.5. The fourth-order valence-corrected chi connectivity index (χ4v) is 5.18. The number of aromatic nitrogens is 6. The van der Waals surface area contributed by atoms with Crippen LogP contribution in [0.15, 0.2) is 48.8 Å². The first-order valence-corrected chi connectivity index (χ1v) is 14.0. The van der Waals surface area contributed by atoms with E-state index >= 15 is 0 Å². The number of pyridine rings is 1. The van der Waals surface area contributed by atoms with Crippen LogP contribution in [0.1, 0.15) is 36.0 Å². The first-order chi connectivity index (χ1) is 19.2. The molecule has 3 aromatic heterocycles. The van der Waals surface area contributed by atoms with Crippen molar-refractivity contribution in [3.8, 4) is 28.7 Å². The number of hydrogen-bond acceptors (Lipinski definition) is 10. The number of halogens is 1. The van der Waals surface area contributed by atoms with Gasteiger partial charge in [-0.05, 0) is 38.1 Å². The maximum Gasteiger partial charge on any atom is 0.269 e. The number of nitrogens with one attached hydrogen (secondary N) is 1. The minimum absolute atomic E-state index is 0.0300. The summed E-state index contributed by atoms with van der Waals surface area (Å²) in [5, 5.41) is 10.3. The number of carbonyl (C=O) groups excluding carboxylic acids is 1. The molecule has 3 heterocycles. The Bertz CT molecular complexity index is 1590. The molecule has 0 aliphatic carbocycles. The van der Waals surface area contributed by atoms with Crippen LogP contribution in [-0.2, 0) is 22.0 Å². The number of ether oxygens (including phenoxy) is 2. The molecule has 0 saturated heterocycles. The van der Waals surface area contributed by atoms with Crippen molar-refractivity contribution >= 4 is 15.7 Å². The van der Waals surface area contributed by atoms with Gasteiger partial charge in [0.05, 0.1) is 31.9 Å². The molecule has 0 spiro atoms. The summed E-state index contributed by atoms with van der Waals surface area (Å²) in [6.45, 7) is 3.73. The van der Waals surface area contributed by atoms with Crippen LogP contribution in [0.2, 0.25) is 0 Å². The summed E-state index contributed by atoms with van der Waals surface area (Å²) in [4.78, 5) is 24.6.